The van der Waals surface area contributed by atoms with Crippen LogP contribution in [0.1, 0.15) is 42.0 Å². The largest absolute Gasteiger partial charge is 0.454 e. The molecule has 0 spiro atoms. The molecule has 0 saturated carbocycles. The SMILES string of the molecule is CC(C)(C)NC(=O)[C@@H](c1ccccc1)N(C(=O)CNC(=O)c1cccs1)c1ccc2c(c1)OCO2. The molecule has 0 saturated heterocycles. The van der Waals surface area contributed by atoms with E-state index in [4.69, 9.17) is 9.47 Å². The Morgan fingerprint density at radius 1 is 1.00 bits per heavy atom. The Bertz CT molecular complexity index is 1210. The van der Waals surface area contributed by atoms with Crippen LogP contribution in [0.2, 0.25) is 0 Å². The zero-order valence-corrected chi connectivity index (χ0v) is 20.6. The topological polar surface area (TPSA) is 97.0 Å². The van der Waals surface area contributed by atoms with E-state index in [1.54, 1.807) is 47.8 Å². The first kappa shape index (κ1) is 24.3. The lowest BCUT2D eigenvalue weighted by atomic mass is 10.0. The van der Waals surface area contributed by atoms with Crippen LogP contribution in [0.4, 0.5) is 5.69 Å². The molecule has 1 aromatic heterocycles. The molecule has 35 heavy (non-hydrogen) atoms. The summed E-state index contributed by atoms with van der Waals surface area (Å²) in [7, 11) is 0. The molecule has 1 aliphatic rings. The van der Waals surface area contributed by atoms with Gasteiger partial charge < -0.3 is 20.1 Å². The standard InChI is InChI=1S/C26H27N3O5S/c1-26(2,3)28-25(32)23(17-8-5-4-6-9-17)29(18-11-12-19-20(14-18)34-16-33-19)22(30)15-27-24(31)21-10-7-13-35-21/h4-14,23H,15-16H2,1-3H3,(H,27,31)(H,28,32)/t23-/m1/s1. The van der Waals surface area contributed by atoms with Crippen molar-refractivity contribution in [1.82, 2.24) is 10.6 Å². The molecular formula is C26H27N3O5S. The molecule has 8 nitrogen and oxygen atoms in total. The fraction of sp³-hybridized carbons (Fsp3) is 0.269. The lowest BCUT2D eigenvalue weighted by Gasteiger charge is -2.34. The van der Waals surface area contributed by atoms with Crippen LogP contribution in [-0.2, 0) is 9.59 Å². The van der Waals surface area contributed by atoms with Crippen LogP contribution in [-0.4, -0.2) is 36.6 Å². The van der Waals surface area contributed by atoms with E-state index in [0.29, 0.717) is 27.6 Å². The number of benzene rings is 2. The minimum Gasteiger partial charge on any atom is -0.454 e. The van der Waals surface area contributed by atoms with Crippen molar-refractivity contribution in [2.75, 3.05) is 18.2 Å². The predicted molar refractivity (Wildman–Crippen MR) is 134 cm³/mol. The van der Waals surface area contributed by atoms with Crippen molar-refractivity contribution >= 4 is 34.7 Å². The number of nitrogens with one attached hydrogen (secondary N) is 2. The molecule has 2 aromatic carbocycles. The number of carbonyl (C=O) groups excluding carboxylic acids is 3. The molecular weight excluding hydrogens is 466 g/mol. The molecule has 0 aliphatic carbocycles. The first-order valence-electron chi connectivity index (χ1n) is 11.1. The predicted octanol–water partition coefficient (Wildman–Crippen LogP) is 3.90. The highest BCUT2D eigenvalue weighted by molar-refractivity contribution is 7.12. The van der Waals surface area contributed by atoms with E-state index >= 15 is 0 Å². The van der Waals surface area contributed by atoms with Crippen molar-refractivity contribution < 1.29 is 23.9 Å². The first-order chi connectivity index (χ1) is 16.7. The molecule has 3 amide bonds. The van der Waals surface area contributed by atoms with Crippen LogP contribution in [0.5, 0.6) is 11.5 Å². The fourth-order valence-corrected chi connectivity index (χ4v) is 4.34. The molecule has 2 N–H and O–H groups in total. The molecule has 0 unspecified atom stereocenters. The summed E-state index contributed by atoms with van der Waals surface area (Å²) in [6, 6.07) is 16.6. The van der Waals surface area contributed by atoms with Gasteiger partial charge in [-0.15, -0.1) is 11.3 Å². The van der Waals surface area contributed by atoms with Crippen LogP contribution >= 0.6 is 11.3 Å². The first-order valence-corrected chi connectivity index (χ1v) is 12.0. The number of nitrogens with zero attached hydrogens (tertiary/aromatic N) is 1. The molecule has 1 atom stereocenters. The quantitative estimate of drug-likeness (QED) is 0.521. The number of anilines is 1. The zero-order chi connectivity index (χ0) is 25.0. The second-order valence-electron chi connectivity index (χ2n) is 9.01. The number of fused-ring (bicyclic) bond motifs is 1. The zero-order valence-electron chi connectivity index (χ0n) is 19.7. The van der Waals surface area contributed by atoms with Gasteiger partial charge in [0.1, 0.15) is 6.04 Å². The molecule has 0 fully saturated rings. The summed E-state index contributed by atoms with van der Waals surface area (Å²) >= 11 is 1.28. The van der Waals surface area contributed by atoms with Crippen LogP contribution in [0.15, 0.2) is 66.0 Å². The average Bonchev–Trinajstić information content (AvgIpc) is 3.52. The van der Waals surface area contributed by atoms with Gasteiger partial charge in [-0.2, -0.15) is 0 Å². The van der Waals surface area contributed by atoms with Gasteiger partial charge in [0.2, 0.25) is 18.6 Å². The summed E-state index contributed by atoms with van der Waals surface area (Å²) in [5.74, 6) is -0.117. The number of carbonyl (C=O) groups is 3. The Kier molecular flexibility index (Phi) is 7.07. The highest BCUT2D eigenvalue weighted by atomic mass is 32.1. The molecule has 0 radical (unpaired) electrons. The minimum absolute atomic E-state index is 0.0796. The number of ether oxygens (including phenoxy) is 2. The van der Waals surface area contributed by atoms with Gasteiger partial charge in [0, 0.05) is 17.3 Å². The van der Waals surface area contributed by atoms with Crippen molar-refractivity contribution in [2.24, 2.45) is 0 Å². The molecule has 182 valence electrons. The highest BCUT2D eigenvalue weighted by Gasteiger charge is 2.35. The van der Waals surface area contributed by atoms with E-state index < -0.39 is 17.5 Å². The van der Waals surface area contributed by atoms with Crippen LogP contribution < -0.4 is 25.0 Å². The molecule has 4 rings (SSSR count). The van der Waals surface area contributed by atoms with Gasteiger partial charge in [0.25, 0.3) is 5.91 Å². The molecule has 1 aliphatic heterocycles. The Labute approximate surface area is 207 Å². The fourth-order valence-electron chi connectivity index (χ4n) is 3.70. The van der Waals surface area contributed by atoms with E-state index in [2.05, 4.69) is 10.6 Å². The third-order valence-electron chi connectivity index (χ3n) is 5.17. The maximum Gasteiger partial charge on any atom is 0.261 e. The normalized spacial score (nSPS) is 13.1. The smallest absolute Gasteiger partial charge is 0.261 e. The number of amides is 3. The Balaban J connectivity index is 1.72. The third kappa shape index (κ3) is 5.81. The van der Waals surface area contributed by atoms with E-state index in [0.717, 1.165) is 0 Å². The Morgan fingerprint density at radius 2 is 1.74 bits per heavy atom. The number of hydrogen-bond acceptors (Lipinski definition) is 6. The Hall–Kier alpha value is -3.85. The van der Waals surface area contributed by atoms with Crippen molar-refractivity contribution in [1.29, 1.82) is 0 Å². The van der Waals surface area contributed by atoms with Gasteiger partial charge in [0.05, 0.1) is 11.4 Å². The highest BCUT2D eigenvalue weighted by Crippen LogP contribution is 2.38. The average molecular weight is 494 g/mol. The second-order valence-corrected chi connectivity index (χ2v) is 9.96. The second kappa shape index (κ2) is 10.2. The summed E-state index contributed by atoms with van der Waals surface area (Å²) in [6.45, 7) is 5.41. The van der Waals surface area contributed by atoms with E-state index in [9.17, 15) is 14.4 Å². The number of rotatable bonds is 7. The van der Waals surface area contributed by atoms with Crippen LogP contribution in [0, 0.1) is 0 Å². The van der Waals surface area contributed by atoms with E-state index in [1.807, 2.05) is 39.0 Å². The van der Waals surface area contributed by atoms with Gasteiger partial charge in [0.15, 0.2) is 11.5 Å². The van der Waals surface area contributed by atoms with E-state index in [1.165, 1.54) is 16.2 Å². The molecule has 2 heterocycles. The van der Waals surface area contributed by atoms with Crippen LogP contribution in [0.3, 0.4) is 0 Å². The number of thiophene rings is 1. The maximum atomic E-state index is 13.7. The van der Waals surface area contributed by atoms with Crippen molar-refractivity contribution in [2.45, 2.75) is 32.4 Å². The summed E-state index contributed by atoms with van der Waals surface area (Å²) in [5.41, 5.74) is 0.550. The summed E-state index contributed by atoms with van der Waals surface area (Å²) in [4.78, 5) is 41.6. The molecule has 9 heteroatoms. The summed E-state index contributed by atoms with van der Waals surface area (Å²) < 4.78 is 10.9. The monoisotopic (exact) mass is 493 g/mol. The van der Waals surface area contributed by atoms with Gasteiger partial charge in [-0.05, 0) is 49.9 Å². The van der Waals surface area contributed by atoms with Gasteiger partial charge in [-0.25, -0.2) is 0 Å². The minimum atomic E-state index is -0.984. The lowest BCUT2D eigenvalue weighted by molar-refractivity contribution is -0.127. The maximum absolute atomic E-state index is 13.7. The summed E-state index contributed by atoms with van der Waals surface area (Å²) in [5, 5.41) is 7.45. The number of hydrogen-bond donors (Lipinski definition) is 2. The van der Waals surface area contributed by atoms with Gasteiger partial charge in [-0.3, -0.25) is 19.3 Å². The summed E-state index contributed by atoms with van der Waals surface area (Å²) in [6.07, 6.45) is 0. The Morgan fingerprint density at radius 3 is 2.43 bits per heavy atom. The van der Waals surface area contributed by atoms with Gasteiger partial charge in [-0.1, -0.05) is 36.4 Å². The van der Waals surface area contributed by atoms with Crippen molar-refractivity contribution in [3.05, 3.63) is 76.5 Å². The van der Waals surface area contributed by atoms with E-state index in [-0.39, 0.29) is 25.2 Å². The van der Waals surface area contributed by atoms with Crippen molar-refractivity contribution in [3.63, 3.8) is 0 Å². The molecule has 0 bridgehead atoms. The van der Waals surface area contributed by atoms with Crippen LogP contribution in [0.25, 0.3) is 0 Å². The van der Waals surface area contributed by atoms with Gasteiger partial charge >= 0.3 is 0 Å². The molecule has 3 aromatic rings. The lowest BCUT2D eigenvalue weighted by Crippen LogP contribution is -2.51. The third-order valence-corrected chi connectivity index (χ3v) is 6.04. The van der Waals surface area contributed by atoms with Crippen molar-refractivity contribution in [3.8, 4) is 11.5 Å².